The van der Waals surface area contributed by atoms with Crippen LogP contribution >= 0.6 is 15.9 Å². The Morgan fingerprint density at radius 3 is 2.81 bits per heavy atom. The fourth-order valence-corrected chi connectivity index (χ4v) is 1.92. The predicted octanol–water partition coefficient (Wildman–Crippen LogP) is 2.14. The number of nitrogens with zero attached hydrogens (tertiary/aromatic N) is 1. The van der Waals surface area contributed by atoms with Crippen molar-refractivity contribution in [1.82, 2.24) is 10.2 Å². The molecule has 4 N–H and O–H groups in total. The summed E-state index contributed by atoms with van der Waals surface area (Å²) in [6, 6.07) is 5.17. The van der Waals surface area contributed by atoms with E-state index in [-0.39, 0.29) is 5.75 Å². The second-order valence-electron chi connectivity index (χ2n) is 3.18. The summed E-state index contributed by atoms with van der Waals surface area (Å²) in [5.74, 6) is 0.794. The predicted molar refractivity (Wildman–Crippen MR) is 64.4 cm³/mol. The molecule has 1 heterocycles. The van der Waals surface area contributed by atoms with Crippen LogP contribution in [0, 0.1) is 0 Å². The minimum absolute atomic E-state index is 0.0422. The van der Waals surface area contributed by atoms with E-state index in [1.165, 1.54) is 7.11 Å². The van der Waals surface area contributed by atoms with Crippen LogP contribution in [0.15, 0.2) is 22.7 Å². The van der Waals surface area contributed by atoms with Crippen molar-refractivity contribution in [3.8, 4) is 22.8 Å². The van der Waals surface area contributed by atoms with Crippen molar-refractivity contribution in [1.29, 1.82) is 0 Å². The average Bonchev–Trinajstić information content (AvgIpc) is 2.65. The summed E-state index contributed by atoms with van der Waals surface area (Å²) in [7, 11) is 1.49. The minimum Gasteiger partial charge on any atom is -0.504 e. The van der Waals surface area contributed by atoms with Crippen molar-refractivity contribution in [2.24, 2.45) is 0 Å². The molecule has 2 rings (SSSR count). The third-order valence-corrected chi connectivity index (χ3v) is 2.80. The number of nitrogens with two attached hydrogens (primary N) is 1. The van der Waals surface area contributed by atoms with Gasteiger partial charge < -0.3 is 15.6 Å². The third-order valence-electron chi connectivity index (χ3n) is 2.18. The van der Waals surface area contributed by atoms with E-state index in [1.807, 2.05) is 0 Å². The number of phenols is 1. The van der Waals surface area contributed by atoms with Gasteiger partial charge in [-0.05, 0) is 28.1 Å². The molecule has 6 heteroatoms. The Morgan fingerprint density at radius 1 is 1.50 bits per heavy atom. The molecule has 16 heavy (non-hydrogen) atoms. The lowest BCUT2D eigenvalue weighted by atomic mass is 10.1. The number of aromatic hydroxyl groups is 1. The molecular weight excluding hydrogens is 274 g/mol. The molecule has 0 unspecified atom stereocenters. The number of hydrogen-bond donors (Lipinski definition) is 3. The van der Waals surface area contributed by atoms with E-state index in [0.717, 1.165) is 0 Å². The normalized spacial score (nSPS) is 10.4. The van der Waals surface area contributed by atoms with Crippen molar-refractivity contribution < 1.29 is 9.84 Å². The molecule has 0 amide bonds. The number of H-pyrrole nitrogens is 1. The topological polar surface area (TPSA) is 84.2 Å². The zero-order chi connectivity index (χ0) is 11.7. The lowest BCUT2D eigenvalue weighted by Gasteiger charge is -2.09. The molecule has 0 spiro atoms. The highest BCUT2D eigenvalue weighted by Gasteiger charge is 2.14. The van der Waals surface area contributed by atoms with E-state index in [2.05, 4.69) is 26.1 Å². The lowest BCUT2D eigenvalue weighted by molar-refractivity contribution is 0.372. The first-order valence-electron chi connectivity index (χ1n) is 4.50. The molecular formula is C10H10BrN3O2. The van der Waals surface area contributed by atoms with Gasteiger partial charge in [0.1, 0.15) is 5.82 Å². The van der Waals surface area contributed by atoms with Gasteiger partial charge in [-0.15, -0.1) is 0 Å². The molecule has 0 aliphatic heterocycles. The van der Waals surface area contributed by atoms with Crippen molar-refractivity contribution in [2.45, 2.75) is 0 Å². The Morgan fingerprint density at radius 2 is 2.25 bits per heavy atom. The van der Waals surface area contributed by atoms with Crippen LogP contribution in [-0.4, -0.2) is 22.4 Å². The third kappa shape index (κ3) is 1.71. The van der Waals surface area contributed by atoms with E-state index in [4.69, 9.17) is 10.5 Å². The smallest absolute Gasteiger partial charge is 0.175 e. The Bertz CT molecular complexity index is 525. The van der Waals surface area contributed by atoms with Crippen LogP contribution in [0.25, 0.3) is 11.3 Å². The van der Waals surface area contributed by atoms with Crippen LogP contribution in [-0.2, 0) is 0 Å². The summed E-state index contributed by atoms with van der Waals surface area (Å²) >= 11 is 3.28. The quantitative estimate of drug-likeness (QED) is 0.788. The van der Waals surface area contributed by atoms with E-state index in [9.17, 15) is 5.11 Å². The van der Waals surface area contributed by atoms with E-state index < -0.39 is 0 Å². The Hall–Kier alpha value is -1.69. The molecule has 0 aliphatic carbocycles. The van der Waals surface area contributed by atoms with Crippen molar-refractivity contribution >= 4 is 21.7 Å². The number of hydrogen-bond acceptors (Lipinski definition) is 4. The maximum atomic E-state index is 9.99. The number of benzene rings is 1. The monoisotopic (exact) mass is 283 g/mol. The number of aromatic amines is 1. The maximum Gasteiger partial charge on any atom is 0.175 e. The van der Waals surface area contributed by atoms with Gasteiger partial charge in [-0.25, -0.2) is 0 Å². The van der Waals surface area contributed by atoms with E-state index >= 15 is 0 Å². The zero-order valence-corrected chi connectivity index (χ0v) is 10.1. The van der Waals surface area contributed by atoms with Gasteiger partial charge in [0.15, 0.2) is 11.5 Å². The highest BCUT2D eigenvalue weighted by atomic mass is 79.9. The number of halogens is 1. The number of ether oxygens (including phenoxy) is 1. The van der Waals surface area contributed by atoms with Gasteiger partial charge in [-0.1, -0.05) is 0 Å². The molecule has 0 atom stereocenters. The maximum absolute atomic E-state index is 9.99. The fourth-order valence-electron chi connectivity index (χ4n) is 1.43. The highest BCUT2D eigenvalue weighted by Crippen LogP contribution is 2.41. The number of aromatic nitrogens is 2. The van der Waals surface area contributed by atoms with Gasteiger partial charge >= 0.3 is 0 Å². The van der Waals surface area contributed by atoms with Crippen LogP contribution < -0.4 is 10.5 Å². The van der Waals surface area contributed by atoms with Crippen LogP contribution in [0.1, 0.15) is 0 Å². The first kappa shape index (κ1) is 10.8. The second kappa shape index (κ2) is 4.05. The molecule has 0 aliphatic rings. The van der Waals surface area contributed by atoms with Gasteiger partial charge in [-0.2, -0.15) is 5.10 Å². The molecule has 0 radical (unpaired) electrons. The van der Waals surface area contributed by atoms with E-state index in [1.54, 1.807) is 18.2 Å². The first-order chi connectivity index (χ1) is 7.63. The fraction of sp³-hybridized carbons (Fsp3) is 0.100. The largest absolute Gasteiger partial charge is 0.504 e. The van der Waals surface area contributed by atoms with Crippen LogP contribution in [0.5, 0.6) is 11.5 Å². The summed E-state index contributed by atoms with van der Waals surface area (Å²) in [6.45, 7) is 0. The molecule has 1 aromatic carbocycles. The summed E-state index contributed by atoms with van der Waals surface area (Å²) in [4.78, 5) is 0. The molecule has 1 aromatic heterocycles. The summed E-state index contributed by atoms with van der Waals surface area (Å²) < 4.78 is 5.77. The van der Waals surface area contributed by atoms with Gasteiger partial charge in [-0.3, -0.25) is 5.10 Å². The average molecular weight is 284 g/mol. The van der Waals surface area contributed by atoms with Gasteiger partial charge in [0.25, 0.3) is 0 Å². The van der Waals surface area contributed by atoms with E-state index in [0.29, 0.717) is 27.3 Å². The highest BCUT2D eigenvalue weighted by molar-refractivity contribution is 9.10. The van der Waals surface area contributed by atoms with Crippen LogP contribution in [0.3, 0.4) is 0 Å². The summed E-state index contributed by atoms with van der Waals surface area (Å²) in [5, 5.41) is 16.5. The first-order valence-corrected chi connectivity index (χ1v) is 5.29. The Labute approximate surface area is 100 Å². The molecule has 0 bridgehead atoms. The SMILES string of the molecule is COc1c(Br)ccc(-c2cc(N)n[nH]2)c1O. The van der Waals surface area contributed by atoms with Crippen LogP contribution in [0.4, 0.5) is 5.82 Å². The summed E-state index contributed by atoms with van der Waals surface area (Å²) in [6.07, 6.45) is 0. The van der Waals surface area contributed by atoms with Crippen LogP contribution in [0.2, 0.25) is 0 Å². The molecule has 0 saturated heterocycles. The molecule has 0 saturated carbocycles. The number of phenolic OH excluding ortho intramolecular Hbond substituents is 1. The molecule has 84 valence electrons. The number of methoxy groups -OCH3 is 1. The molecule has 0 fully saturated rings. The zero-order valence-electron chi connectivity index (χ0n) is 8.49. The van der Waals surface area contributed by atoms with Gasteiger partial charge in [0.05, 0.1) is 17.3 Å². The summed E-state index contributed by atoms with van der Waals surface area (Å²) in [5.41, 5.74) is 6.73. The Balaban J connectivity index is 2.58. The molecule has 2 aromatic rings. The number of nitrogens with one attached hydrogen (secondary N) is 1. The van der Waals surface area contributed by atoms with Gasteiger partial charge in [0.2, 0.25) is 0 Å². The van der Waals surface area contributed by atoms with Crippen molar-refractivity contribution in [3.05, 3.63) is 22.7 Å². The second-order valence-corrected chi connectivity index (χ2v) is 4.04. The standard InChI is InChI=1S/C10H10BrN3O2/c1-16-10-6(11)3-2-5(9(10)15)7-4-8(12)14-13-7/h2-4,15H,1H3,(H3,12,13,14). The minimum atomic E-state index is 0.0422. The van der Waals surface area contributed by atoms with Crippen molar-refractivity contribution in [3.63, 3.8) is 0 Å². The number of anilines is 1. The number of nitrogen functional groups attached to an aromatic ring is 1. The molecule has 5 nitrogen and oxygen atoms in total. The lowest BCUT2D eigenvalue weighted by Crippen LogP contribution is -1.88. The number of rotatable bonds is 2. The van der Waals surface area contributed by atoms with Gasteiger partial charge in [0, 0.05) is 11.6 Å². The van der Waals surface area contributed by atoms with Crippen molar-refractivity contribution in [2.75, 3.05) is 12.8 Å². The Kier molecular flexibility index (Phi) is 2.74.